The third kappa shape index (κ3) is 4.29. The lowest BCUT2D eigenvalue weighted by molar-refractivity contribution is 0.0775. The summed E-state index contributed by atoms with van der Waals surface area (Å²) in [6, 6.07) is 0. The average Bonchev–Trinajstić information content (AvgIpc) is 3.28. The predicted octanol–water partition coefficient (Wildman–Crippen LogP) is 2.14. The molecule has 1 unspecified atom stereocenters. The van der Waals surface area contributed by atoms with Gasteiger partial charge in [-0.1, -0.05) is 12.8 Å². The molecule has 3 fully saturated rings. The Labute approximate surface area is 157 Å². The van der Waals surface area contributed by atoms with Crippen LogP contribution in [-0.4, -0.2) is 68.5 Å². The molecule has 1 atom stereocenters. The van der Waals surface area contributed by atoms with Gasteiger partial charge in [0.25, 0.3) is 0 Å². The summed E-state index contributed by atoms with van der Waals surface area (Å²) in [6.07, 6.45) is 9.89. The minimum Gasteiger partial charge on any atom is -0.393 e. The zero-order valence-electron chi connectivity index (χ0n) is 16.3. The SMILES string of the molecule is Cn1c(CN2CCC(O)CC2)nnc1C1CCCN(CC2CCCC2)C1. The third-order valence-electron chi connectivity index (χ3n) is 6.78. The molecule has 0 aromatic carbocycles. The smallest absolute Gasteiger partial charge is 0.146 e. The second kappa shape index (κ2) is 8.36. The van der Waals surface area contributed by atoms with Crippen LogP contribution < -0.4 is 0 Å². The molecule has 2 saturated heterocycles. The van der Waals surface area contributed by atoms with Gasteiger partial charge < -0.3 is 14.6 Å². The molecule has 4 rings (SSSR count). The summed E-state index contributed by atoms with van der Waals surface area (Å²) in [6.45, 7) is 6.47. The fraction of sp³-hybridized carbons (Fsp3) is 0.900. The molecule has 26 heavy (non-hydrogen) atoms. The van der Waals surface area contributed by atoms with E-state index in [1.54, 1.807) is 0 Å². The van der Waals surface area contributed by atoms with Gasteiger partial charge in [-0.25, -0.2) is 0 Å². The van der Waals surface area contributed by atoms with E-state index in [0.717, 1.165) is 50.8 Å². The van der Waals surface area contributed by atoms with Crippen molar-refractivity contribution < 1.29 is 5.11 Å². The summed E-state index contributed by atoms with van der Waals surface area (Å²) in [5.74, 6) is 3.70. The number of rotatable bonds is 5. The van der Waals surface area contributed by atoms with E-state index in [-0.39, 0.29) is 6.10 Å². The summed E-state index contributed by atoms with van der Waals surface area (Å²) in [4.78, 5) is 5.08. The molecular formula is C20H35N5O. The first-order valence-electron chi connectivity index (χ1n) is 10.7. The summed E-state index contributed by atoms with van der Waals surface area (Å²) in [7, 11) is 2.14. The van der Waals surface area contributed by atoms with Crippen LogP contribution in [0.4, 0.5) is 0 Å². The molecular weight excluding hydrogens is 326 g/mol. The maximum Gasteiger partial charge on any atom is 0.146 e. The quantitative estimate of drug-likeness (QED) is 0.871. The molecule has 0 amide bonds. The number of piperidine rings is 2. The molecule has 3 heterocycles. The number of aliphatic hydroxyl groups excluding tert-OH is 1. The van der Waals surface area contributed by atoms with E-state index in [9.17, 15) is 5.11 Å². The van der Waals surface area contributed by atoms with Gasteiger partial charge in [0.2, 0.25) is 0 Å². The lowest BCUT2D eigenvalue weighted by Gasteiger charge is -2.34. The number of hydrogen-bond donors (Lipinski definition) is 1. The van der Waals surface area contributed by atoms with Crippen molar-refractivity contribution in [2.75, 3.05) is 32.7 Å². The van der Waals surface area contributed by atoms with E-state index in [1.165, 1.54) is 57.4 Å². The van der Waals surface area contributed by atoms with Crippen LogP contribution >= 0.6 is 0 Å². The molecule has 1 saturated carbocycles. The van der Waals surface area contributed by atoms with Crippen LogP contribution in [0.15, 0.2) is 0 Å². The van der Waals surface area contributed by atoms with Gasteiger partial charge >= 0.3 is 0 Å². The minimum atomic E-state index is -0.116. The summed E-state index contributed by atoms with van der Waals surface area (Å²) in [5.41, 5.74) is 0. The highest BCUT2D eigenvalue weighted by Gasteiger charge is 2.28. The highest BCUT2D eigenvalue weighted by Crippen LogP contribution is 2.30. The summed E-state index contributed by atoms with van der Waals surface area (Å²) >= 11 is 0. The Morgan fingerprint density at radius 2 is 1.69 bits per heavy atom. The van der Waals surface area contributed by atoms with E-state index < -0.39 is 0 Å². The van der Waals surface area contributed by atoms with Gasteiger partial charge in [0.15, 0.2) is 0 Å². The molecule has 3 aliphatic rings. The van der Waals surface area contributed by atoms with Crippen LogP contribution in [0.25, 0.3) is 0 Å². The number of hydrogen-bond acceptors (Lipinski definition) is 5. The standard InChI is InChI=1S/C20H35N5O/c1-23-19(15-24-11-8-18(26)9-12-24)21-22-20(23)17-7-4-10-25(14-17)13-16-5-2-3-6-16/h16-18,26H,2-15H2,1H3. The zero-order chi connectivity index (χ0) is 17.9. The Bertz CT molecular complexity index is 575. The van der Waals surface area contributed by atoms with Gasteiger partial charge in [-0.3, -0.25) is 4.90 Å². The van der Waals surface area contributed by atoms with E-state index in [0.29, 0.717) is 5.92 Å². The Hall–Kier alpha value is -0.980. The van der Waals surface area contributed by atoms with E-state index in [2.05, 4.69) is 31.6 Å². The van der Waals surface area contributed by atoms with Crippen molar-refractivity contribution in [3.63, 3.8) is 0 Å². The van der Waals surface area contributed by atoms with Crippen LogP contribution in [0.2, 0.25) is 0 Å². The molecule has 0 spiro atoms. The highest BCUT2D eigenvalue weighted by atomic mass is 16.3. The minimum absolute atomic E-state index is 0.116. The number of aromatic nitrogens is 3. The van der Waals surface area contributed by atoms with Crippen LogP contribution in [0.3, 0.4) is 0 Å². The normalized spacial score (nSPS) is 27.4. The second-order valence-corrected chi connectivity index (χ2v) is 8.79. The van der Waals surface area contributed by atoms with Crippen molar-refractivity contribution in [3.05, 3.63) is 11.6 Å². The van der Waals surface area contributed by atoms with Crippen LogP contribution in [0.5, 0.6) is 0 Å². The Morgan fingerprint density at radius 3 is 2.46 bits per heavy atom. The highest BCUT2D eigenvalue weighted by molar-refractivity contribution is 5.04. The third-order valence-corrected chi connectivity index (χ3v) is 6.78. The maximum atomic E-state index is 9.68. The molecule has 6 nitrogen and oxygen atoms in total. The maximum absolute atomic E-state index is 9.68. The molecule has 1 aromatic heterocycles. The molecule has 0 bridgehead atoms. The molecule has 1 aliphatic carbocycles. The summed E-state index contributed by atoms with van der Waals surface area (Å²) in [5, 5.41) is 18.8. The molecule has 0 radical (unpaired) electrons. The second-order valence-electron chi connectivity index (χ2n) is 8.79. The molecule has 2 aliphatic heterocycles. The fourth-order valence-electron chi connectivity index (χ4n) is 5.14. The number of aliphatic hydroxyl groups is 1. The predicted molar refractivity (Wildman–Crippen MR) is 102 cm³/mol. The van der Waals surface area contributed by atoms with Gasteiger partial charge in [0.1, 0.15) is 11.6 Å². The van der Waals surface area contributed by atoms with Crippen molar-refractivity contribution in [3.8, 4) is 0 Å². The first-order chi connectivity index (χ1) is 12.7. The molecule has 6 heteroatoms. The van der Waals surface area contributed by atoms with E-state index in [4.69, 9.17) is 0 Å². The van der Waals surface area contributed by atoms with Crippen molar-refractivity contribution in [1.29, 1.82) is 0 Å². The van der Waals surface area contributed by atoms with Gasteiger partial charge in [-0.05, 0) is 51.0 Å². The Morgan fingerprint density at radius 1 is 0.923 bits per heavy atom. The Balaban J connectivity index is 1.35. The van der Waals surface area contributed by atoms with Gasteiger partial charge in [0, 0.05) is 39.1 Å². The average molecular weight is 362 g/mol. The summed E-state index contributed by atoms with van der Waals surface area (Å²) < 4.78 is 2.24. The number of nitrogens with zero attached hydrogens (tertiary/aromatic N) is 5. The van der Waals surface area contributed by atoms with Crippen LogP contribution in [0.1, 0.15) is 68.9 Å². The molecule has 1 aromatic rings. The van der Waals surface area contributed by atoms with Crippen molar-refractivity contribution in [2.45, 2.75) is 69.9 Å². The van der Waals surface area contributed by atoms with Crippen LogP contribution in [0, 0.1) is 5.92 Å². The van der Waals surface area contributed by atoms with Gasteiger partial charge in [0.05, 0.1) is 12.6 Å². The van der Waals surface area contributed by atoms with Gasteiger partial charge in [-0.2, -0.15) is 0 Å². The molecule has 146 valence electrons. The lowest BCUT2D eigenvalue weighted by atomic mass is 9.95. The lowest BCUT2D eigenvalue weighted by Crippen LogP contribution is -2.38. The largest absolute Gasteiger partial charge is 0.393 e. The first kappa shape index (κ1) is 18.4. The van der Waals surface area contributed by atoms with Gasteiger partial charge in [-0.15, -0.1) is 10.2 Å². The van der Waals surface area contributed by atoms with Crippen molar-refractivity contribution >= 4 is 0 Å². The monoisotopic (exact) mass is 361 g/mol. The van der Waals surface area contributed by atoms with E-state index in [1.807, 2.05) is 0 Å². The van der Waals surface area contributed by atoms with E-state index >= 15 is 0 Å². The Kier molecular flexibility index (Phi) is 5.91. The van der Waals surface area contributed by atoms with Crippen molar-refractivity contribution in [1.82, 2.24) is 24.6 Å². The topological polar surface area (TPSA) is 57.4 Å². The molecule has 1 N–H and O–H groups in total. The van der Waals surface area contributed by atoms with Crippen molar-refractivity contribution in [2.24, 2.45) is 13.0 Å². The fourth-order valence-corrected chi connectivity index (χ4v) is 5.14. The van der Waals surface area contributed by atoms with Crippen LogP contribution in [-0.2, 0) is 13.6 Å². The number of likely N-dealkylation sites (tertiary alicyclic amines) is 2. The first-order valence-corrected chi connectivity index (χ1v) is 10.7. The zero-order valence-corrected chi connectivity index (χ0v) is 16.3.